The summed E-state index contributed by atoms with van der Waals surface area (Å²) in [5.41, 5.74) is 0.282. The van der Waals surface area contributed by atoms with Crippen molar-refractivity contribution >= 4 is 21.6 Å². The average molecular weight is 326 g/mol. The van der Waals surface area contributed by atoms with Crippen LogP contribution < -0.4 is 0 Å². The van der Waals surface area contributed by atoms with Gasteiger partial charge in [-0.2, -0.15) is 0 Å². The van der Waals surface area contributed by atoms with E-state index < -0.39 is 21.6 Å². The maximum absolute atomic E-state index is 10.1. The molecule has 0 aliphatic heterocycles. The van der Waals surface area contributed by atoms with E-state index >= 15 is 0 Å². The molecule has 0 saturated heterocycles. The third-order valence-corrected chi connectivity index (χ3v) is 0.917. The summed E-state index contributed by atoms with van der Waals surface area (Å²) < 4.78 is 17.8. The third-order valence-electron chi connectivity index (χ3n) is 0.917. The minimum atomic E-state index is -4.64. The fraction of sp³-hybridized carbons (Fsp3) is 0.500. The number of aliphatic carboxylic acids is 1. The van der Waals surface area contributed by atoms with Gasteiger partial charge in [0, 0.05) is 12.2 Å². The van der Waals surface area contributed by atoms with Crippen LogP contribution in [0.15, 0.2) is 11.6 Å². The number of hydrogen-bond donors (Lipinski definition) is 8. The summed E-state index contributed by atoms with van der Waals surface area (Å²) in [4.78, 5) is 53.2. The maximum Gasteiger partial charge on any atom is 0.466 e. The van der Waals surface area contributed by atoms with E-state index in [1.807, 2.05) is 0 Å². The van der Waals surface area contributed by atoms with Gasteiger partial charge in [0.15, 0.2) is 0 Å². The largest absolute Gasteiger partial charge is 0.478 e. The van der Waals surface area contributed by atoms with Crippen molar-refractivity contribution in [3.05, 3.63) is 11.6 Å². The van der Waals surface area contributed by atoms with Crippen LogP contribution in [0.4, 0.5) is 0 Å². The van der Waals surface area contributed by atoms with Crippen molar-refractivity contribution in [2.45, 2.75) is 13.3 Å². The quantitative estimate of drug-likeness (QED) is 0.221. The Morgan fingerprint density at radius 1 is 1.00 bits per heavy atom. The molecule has 0 saturated carbocycles. The lowest BCUT2D eigenvalue weighted by molar-refractivity contribution is -0.132. The number of aliphatic hydroxyl groups excluding tert-OH is 1. The summed E-state index contributed by atoms with van der Waals surface area (Å²) >= 11 is 0. The SMILES string of the molecule is CC(=CCCO)C(=O)O.O=P(O)(O)O.O=P(O)(O)O. The minimum Gasteiger partial charge on any atom is -0.478 e. The van der Waals surface area contributed by atoms with Crippen LogP contribution in [-0.4, -0.2) is 52.1 Å². The van der Waals surface area contributed by atoms with Crippen molar-refractivity contribution in [3.63, 3.8) is 0 Å². The first-order valence-electron chi connectivity index (χ1n) is 4.26. The molecule has 11 nitrogen and oxygen atoms in total. The lowest BCUT2D eigenvalue weighted by Crippen LogP contribution is -1.95. The summed E-state index contributed by atoms with van der Waals surface area (Å²) in [6, 6.07) is 0. The summed E-state index contributed by atoms with van der Waals surface area (Å²) in [5, 5.41) is 16.5. The predicted molar refractivity (Wildman–Crippen MR) is 61.6 cm³/mol. The van der Waals surface area contributed by atoms with Crippen LogP contribution in [0, 0.1) is 0 Å². The number of hydrogen-bond acceptors (Lipinski definition) is 4. The highest BCUT2D eigenvalue weighted by Gasteiger charge is 2.00. The highest BCUT2D eigenvalue weighted by Crippen LogP contribution is 2.26. The number of carboxylic acids is 1. The summed E-state index contributed by atoms with van der Waals surface area (Å²) in [5.74, 6) is -0.927. The van der Waals surface area contributed by atoms with E-state index in [0.29, 0.717) is 6.42 Å². The normalized spacial score (nSPS) is 11.7. The van der Waals surface area contributed by atoms with Gasteiger partial charge in [-0.05, 0) is 13.3 Å². The second-order valence-corrected chi connectivity index (χ2v) is 4.78. The van der Waals surface area contributed by atoms with Gasteiger partial charge in [-0.1, -0.05) is 6.08 Å². The molecule has 0 amide bonds. The standard InChI is InChI=1S/C6H10O3.2H3O4P/c1-5(6(8)9)3-2-4-7;2*1-5(2,3)4/h3,7H,2,4H2,1H3,(H,8,9);2*(H3,1,2,3,4). The lowest BCUT2D eigenvalue weighted by atomic mass is 10.2. The molecule has 0 spiro atoms. The van der Waals surface area contributed by atoms with Gasteiger partial charge in [-0.15, -0.1) is 0 Å². The molecule has 0 aliphatic rings. The van der Waals surface area contributed by atoms with Crippen LogP contribution >= 0.6 is 15.6 Å². The van der Waals surface area contributed by atoms with E-state index in [2.05, 4.69) is 0 Å². The van der Waals surface area contributed by atoms with Gasteiger partial charge in [-0.25, -0.2) is 13.9 Å². The van der Waals surface area contributed by atoms with Gasteiger partial charge in [0.2, 0.25) is 0 Å². The van der Waals surface area contributed by atoms with Gasteiger partial charge in [0.25, 0.3) is 0 Å². The zero-order valence-corrected chi connectivity index (χ0v) is 11.5. The number of phosphoric acid groups is 2. The van der Waals surface area contributed by atoms with E-state index in [0.717, 1.165) is 0 Å². The lowest BCUT2D eigenvalue weighted by Gasteiger charge is -1.89. The molecule has 0 radical (unpaired) electrons. The van der Waals surface area contributed by atoms with Crippen LogP contribution in [0.25, 0.3) is 0 Å². The fourth-order valence-corrected chi connectivity index (χ4v) is 0.368. The maximum atomic E-state index is 10.1. The van der Waals surface area contributed by atoms with Crippen molar-refractivity contribution in [1.82, 2.24) is 0 Å². The summed E-state index contributed by atoms with van der Waals surface area (Å²) in [6.07, 6.45) is 1.90. The van der Waals surface area contributed by atoms with Crippen molar-refractivity contribution < 1.29 is 53.5 Å². The van der Waals surface area contributed by atoms with E-state index in [4.69, 9.17) is 48.7 Å². The second-order valence-electron chi connectivity index (χ2n) is 2.73. The zero-order valence-electron chi connectivity index (χ0n) is 9.69. The first-order valence-corrected chi connectivity index (χ1v) is 7.39. The summed E-state index contributed by atoms with van der Waals surface area (Å²) in [7, 11) is -9.28. The molecule has 19 heavy (non-hydrogen) atoms. The Labute approximate surface area is 108 Å². The van der Waals surface area contributed by atoms with Crippen molar-refractivity contribution in [2.24, 2.45) is 0 Å². The fourth-order valence-electron chi connectivity index (χ4n) is 0.368. The Balaban J connectivity index is -0.000000219. The Morgan fingerprint density at radius 3 is 1.42 bits per heavy atom. The zero-order chi connectivity index (χ0) is 16.3. The number of carbonyl (C=O) groups is 1. The summed E-state index contributed by atoms with van der Waals surface area (Å²) in [6.45, 7) is 1.50. The topological polar surface area (TPSA) is 213 Å². The van der Waals surface area contributed by atoms with E-state index in [1.54, 1.807) is 0 Å². The van der Waals surface area contributed by atoms with Gasteiger partial charge < -0.3 is 39.6 Å². The molecule has 0 bridgehead atoms. The average Bonchev–Trinajstić information content (AvgIpc) is 2.08. The van der Waals surface area contributed by atoms with Crippen LogP contribution in [0.5, 0.6) is 0 Å². The molecular weight excluding hydrogens is 310 g/mol. The molecule has 0 heterocycles. The first kappa shape index (κ1) is 23.5. The third kappa shape index (κ3) is 75.4. The monoisotopic (exact) mass is 326 g/mol. The number of aliphatic hydroxyl groups is 1. The molecule has 0 fully saturated rings. The smallest absolute Gasteiger partial charge is 0.466 e. The molecule has 8 N–H and O–H groups in total. The molecule has 116 valence electrons. The van der Waals surface area contributed by atoms with Gasteiger partial charge in [0.05, 0.1) is 0 Å². The molecule has 0 aromatic carbocycles. The molecule has 13 heteroatoms. The first-order chi connectivity index (χ1) is 8.18. The van der Waals surface area contributed by atoms with E-state index in [-0.39, 0.29) is 12.2 Å². The van der Waals surface area contributed by atoms with Crippen molar-refractivity contribution in [3.8, 4) is 0 Å². The van der Waals surface area contributed by atoms with Crippen molar-refractivity contribution in [1.29, 1.82) is 0 Å². The second kappa shape index (κ2) is 11.2. The molecule has 0 aliphatic carbocycles. The van der Waals surface area contributed by atoms with E-state index in [9.17, 15) is 4.79 Å². The minimum absolute atomic E-state index is 0.00458. The highest BCUT2D eigenvalue weighted by molar-refractivity contribution is 7.45. The Kier molecular flexibility index (Phi) is 13.9. The van der Waals surface area contributed by atoms with Crippen LogP contribution in [0.3, 0.4) is 0 Å². The van der Waals surface area contributed by atoms with Gasteiger partial charge >= 0.3 is 21.6 Å². The van der Waals surface area contributed by atoms with Crippen LogP contribution in [-0.2, 0) is 13.9 Å². The molecule has 0 atom stereocenters. The molecule has 0 unspecified atom stereocenters. The number of rotatable bonds is 3. The van der Waals surface area contributed by atoms with Crippen LogP contribution in [0.1, 0.15) is 13.3 Å². The van der Waals surface area contributed by atoms with E-state index in [1.165, 1.54) is 13.0 Å². The predicted octanol–water partition coefficient (Wildman–Crippen LogP) is -1.46. The highest BCUT2D eigenvalue weighted by atomic mass is 31.2. The molecule has 0 aromatic heterocycles. The van der Waals surface area contributed by atoms with Gasteiger partial charge in [0.1, 0.15) is 0 Å². The Bertz CT molecular complexity index is 327. The van der Waals surface area contributed by atoms with Gasteiger partial charge in [-0.3, -0.25) is 0 Å². The Hall–Kier alpha value is -0.610. The van der Waals surface area contributed by atoms with Crippen LogP contribution in [0.2, 0.25) is 0 Å². The van der Waals surface area contributed by atoms with Crippen molar-refractivity contribution in [2.75, 3.05) is 6.61 Å². The molecular formula is C6H16O11P2. The molecule has 0 rings (SSSR count). The Morgan fingerprint density at radius 2 is 1.26 bits per heavy atom. The number of carboxylic acid groups (broad SMARTS) is 1. The molecule has 0 aromatic rings.